The molecular formula is C19H20FNO2. The fourth-order valence-corrected chi connectivity index (χ4v) is 2.25. The van der Waals surface area contributed by atoms with Gasteiger partial charge >= 0.3 is 0 Å². The first kappa shape index (κ1) is 16.9. The zero-order chi connectivity index (χ0) is 16.8. The van der Waals surface area contributed by atoms with Crippen LogP contribution in [0.1, 0.15) is 34.3 Å². The van der Waals surface area contributed by atoms with Crippen molar-refractivity contribution >= 4 is 11.7 Å². The third kappa shape index (κ3) is 5.02. The van der Waals surface area contributed by atoms with Crippen LogP contribution in [0.2, 0.25) is 0 Å². The van der Waals surface area contributed by atoms with Crippen LogP contribution in [-0.4, -0.2) is 23.6 Å². The van der Waals surface area contributed by atoms with E-state index in [9.17, 15) is 14.0 Å². The van der Waals surface area contributed by atoms with Gasteiger partial charge in [0.05, 0.1) is 0 Å². The number of amides is 1. The summed E-state index contributed by atoms with van der Waals surface area (Å²) in [5.41, 5.74) is 2.58. The number of hydrogen-bond donors (Lipinski definition) is 0. The number of hydrogen-bond acceptors (Lipinski definition) is 2. The van der Waals surface area contributed by atoms with Crippen molar-refractivity contribution in [2.45, 2.75) is 26.3 Å². The molecule has 0 aliphatic heterocycles. The van der Waals surface area contributed by atoms with Crippen LogP contribution in [0.5, 0.6) is 0 Å². The Balaban J connectivity index is 1.84. The van der Waals surface area contributed by atoms with Gasteiger partial charge in [0.1, 0.15) is 5.82 Å². The van der Waals surface area contributed by atoms with Gasteiger partial charge < -0.3 is 4.90 Å². The fraction of sp³-hybridized carbons (Fsp3) is 0.263. The summed E-state index contributed by atoms with van der Waals surface area (Å²) in [6.45, 7) is 2.36. The summed E-state index contributed by atoms with van der Waals surface area (Å²) < 4.78 is 12.9. The number of carbonyl (C=O) groups is 2. The third-order valence-corrected chi connectivity index (χ3v) is 3.70. The highest BCUT2D eigenvalue weighted by molar-refractivity contribution is 5.97. The monoisotopic (exact) mass is 313 g/mol. The van der Waals surface area contributed by atoms with E-state index in [-0.39, 0.29) is 30.3 Å². The van der Waals surface area contributed by atoms with Crippen molar-refractivity contribution in [2.75, 3.05) is 7.05 Å². The number of benzene rings is 2. The Bertz CT molecular complexity index is 678. The Morgan fingerprint density at radius 2 is 1.57 bits per heavy atom. The lowest BCUT2D eigenvalue weighted by Gasteiger charge is -2.17. The quantitative estimate of drug-likeness (QED) is 0.762. The van der Waals surface area contributed by atoms with E-state index in [1.807, 2.05) is 19.1 Å². The van der Waals surface area contributed by atoms with Crippen LogP contribution in [0.25, 0.3) is 0 Å². The molecule has 0 bridgehead atoms. The van der Waals surface area contributed by atoms with Crippen molar-refractivity contribution in [3.63, 3.8) is 0 Å². The number of ketones is 1. The van der Waals surface area contributed by atoms with E-state index in [4.69, 9.17) is 0 Å². The van der Waals surface area contributed by atoms with Crippen LogP contribution in [0, 0.1) is 12.7 Å². The molecule has 3 nitrogen and oxygen atoms in total. The summed E-state index contributed by atoms with van der Waals surface area (Å²) in [5.74, 6) is -0.435. The van der Waals surface area contributed by atoms with Gasteiger partial charge in [0.2, 0.25) is 5.91 Å². The maximum Gasteiger partial charge on any atom is 0.223 e. The van der Waals surface area contributed by atoms with Crippen molar-refractivity contribution in [3.8, 4) is 0 Å². The van der Waals surface area contributed by atoms with Crippen molar-refractivity contribution in [3.05, 3.63) is 71.0 Å². The molecule has 2 rings (SSSR count). The van der Waals surface area contributed by atoms with Gasteiger partial charge in [-0.25, -0.2) is 4.39 Å². The van der Waals surface area contributed by atoms with Crippen LogP contribution in [-0.2, 0) is 11.3 Å². The number of halogens is 1. The fourth-order valence-electron chi connectivity index (χ4n) is 2.25. The average molecular weight is 313 g/mol. The molecule has 0 atom stereocenters. The molecule has 1 amide bonds. The molecule has 0 N–H and O–H groups in total. The molecule has 2 aromatic rings. The van der Waals surface area contributed by atoms with Gasteiger partial charge in [-0.05, 0) is 24.6 Å². The van der Waals surface area contributed by atoms with Gasteiger partial charge in [-0.3, -0.25) is 9.59 Å². The third-order valence-electron chi connectivity index (χ3n) is 3.70. The Hall–Kier alpha value is -2.49. The zero-order valence-corrected chi connectivity index (χ0v) is 13.4. The van der Waals surface area contributed by atoms with Crippen LogP contribution in [0.3, 0.4) is 0 Å². The number of Topliss-reactive ketones (excluding diaryl/α,β-unsaturated/α-hetero) is 1. The summed E-state index contributed by atoms with van der Waals surface area (Å²) >= 11 is 0. The van der Waals surface area contributed by atoms with E-state index in [2.05, 4.69) is 0 Å². The lowest BCUT2D eigenvalue weighted by molar-refractivity contribution is -0.130. The molecule has 4 heteroatoms. The summed E-state index contributed by atoms with van der Waals surface area (Å²) in [4.78, 5) is 25.7. The van der Waals surface area contributed by atoms with E-state index < -0.39 is 0 Å². The van der Waals surface area contributed by atoms with E-state index in [0.717, 1.165) is 11.1 Å². The van der Waals surface area contributed by atoms with Crippen LogP contribution >= 0.6 is 0 Å². The van der Waals surface area contributed by atoms with Gasteiger partial charge in [-0.15, -0.1) is 0 Å². The molecule has 0 radical (unpaired) electrons. The minimum atomic E-state index is -0.300. The van der Waals surface area contributed by atoms with Crippen LogP contribution < -0.4 is 0 Å². The predicted octanol–water partition coefficient (Wildman–Crippen LogP) is 3.76. The summed E-state index contributed by atoms with van der Waals surface area (Å²) in [7, 11) is 1.68. The Morgan fingerprint density at radius 3 is 2.17 bits per heavy atom. The molecule has 120 valence electrons. The predicted molar refractivity (Wildman–Crippen MR) is 87.6 cm³/mol. The largest absolute Gasteiger partial charge is 0.341 e. The second kappa shape index (κ2) is 7.68. The molecule has 0 unspecified atom stereocenters. The second-order valence-corrected chi connectivity index (χ2v) is 5.67. The summed E-state index contributed by atoms with van der Waals surface area (Å²) in [5, 5.41) is 0. The lowest BCUT2D eigenvalue weighted by atomic mass is 10.0. The first-order valence-electron chi connectivity index (χ1n) is 7.54. The van der Waals surface area contributed by atoms with E-state index in [1.165, 1.54) is 12.1 Å². The molecule has 0 aliphatic carbocycles. The van der Waals surface area contributed by atoms with Gasteiger partial charge in [0.25, 0.3) is 0 Å². The van der Waals surface area contributed by atoms with Crippen molar-refractivity contribution in [2.24, 2.45) is 0 Å². The molecule has 0 aromatic heterocycles. The van der Waals surface area contributed by atoms with Crippen molar-refractivity contribution < 1.29 is 14.0 Å². The lowest BCUT2D eigenvalue weighted by Crippen LogP contribution is -2.26. The van der Waals surface area contributed by atoms with E-state index in [1.54, 1.807) is 36.2 Å². The van der Waals surface area contributed by atoms with Crippen LogP contribution in [0.15, 0.2) is 48.5 Å². The van der Waals surface area contributed by atoms with Gasteiger partial charge in [0.15, 0.2) is 5.78 Å². The number of rotatable bonds is 6. The molecule has 0 saturated heterocycles. The molecule has 0 aliphatic rings. The Kier molecular flexibility index (Phi) is 5.63. The summed E-state index contributed by atoms with van der Waals surface area (Å²) in [6, 6.07) is 13.4. The molecule has 23 heavy (non-hydrogen) atoms. The SMILES string of the molecule is Cc1ccc(C(=O)CCC(=O)N(C)Cc2ccc(F)cc2)cc1. The normalized spacial score (nSPS) is 10.4. The van der Waals surface area contributed by atoms with Crippen molar-refractivity contribution in [1.82, 2.24) is 4.90 Å². The standard InChI is InChI=1S/C19H20FNO2/c1-14-3-7-16(8-4-14)18(22)11-12-19(23)21(2)13-15-5-9-17(20)10-6-15/h3-10H,11-13H2,1-2H3. The zero-order valence-electron chi connectivity index (χ0n) is 13.4. The minimum absolute atomic E-state index is 0.0338. The molecule has 0 fully saturated rings. The molecule has 0 spiro atoms. The van der Waals surface area contributed by atoms with Gasteiger partial charge in [-0.2, -0.15) is 0 Å². The Morgan fingerprint density at radius 1 is 0.957 bits per heavy atom. The maximum absolute atomic E-state index is 12.9. The maximum atomic E-state index is 12.9. The van der Waals surface area contributed by atoms with Gasteiger partial charge in [-0.1, -0.05) is 42.0 Å². The van der Waals surface area contributed by atoms with Crippen LogP contribution in [0.4, 0.5) is 4.39 Å². The highest BCUT2D eigenvalue weighted by atomic mass is 19.1. The Labute approximate surface area is 135 Å². The smallest absolute Gasteiger partial charge is 0.223 e. The number of aryl methyl sites for hydroxylation is 1. The molecule has 2 aromatic carbocycles. The van der Waals surface area contributed by atoms with E-state index in [0.29, 0.717) is 12.1 Å². The minimum Gasteiger partial charge on any atom is -0.341 e. The molecule has 0 saturated carbocycles. The average Bonchev–Trinajstić information content (AvgIpc) is 2.55. The highest BCUT2D eigenvalue weighted by Gasteiger charge is 2.13. The second-order valence-electron chi connectivity index (χ2n) is 5.67. The topological polar surface area (TPSA) is 37.4 Å². The first-order chi connectivity index (χ1) is 11.0. The molecular weight excluding hydrogens is 293 g/mol. The summed E-state index contributed by atoms with van der Waals surface area (Å²) in [6.07, 6.45) is 0.361. The van der Waals surface area contributed by atoms with E-state index >= 15 is 0 Å². The first-order valence-corrected chi connectivity index (χ1v) is 7.54. The van der Waals surface area contributed by atoms with Crippen molar-refractivity contribution in [1.29, 1.82) is 0 Å². The number of nitrogens with zero attached hydrogens (tertiary/aromatic N) is 1. The van der Waals surface area contributed by atoms with Gasteiger partial charge in [0, 0.05) is 32.0 Å². The highest BCUT2D eigenvalue weighted by Crippen LogP contribution is 2.10. The molecule has 0 heterocycles. The number of carbonyl (C=O) groups excluding carboxylic acids is 2.